The maximum absolute atomic E-state index is 13.9. The molecule has 9 nitrogen and oxygen atoms in total. The minimum Gasteiger partial charge on any atom is -0.481 e. The van der Waals surface area contributed by atoms with E-state index in [-0.39, 0.29) is 36.8 Å². The van der Waals surface area contributed by atoms with Gasteiger partial charge in [-0.05, 0) is 103 Å². The fourth-order valence-corrected chi connectivity index (χ4v) is 9.03. The van der Waals surface area contributed by atoms with Crippen molar-refractivity contribution < 1.29 is 38.4 Å². The Balaban J connectivity index is 1.15. The molecule has 1 N–H and O–H groups in total. The van der Waals surface area contributed by atoms with Gasteiger partial charge in [-0.15, -0.1) is 0 Å². The second kappa shape index (κ2) is 18.0. The number of piperidine rings is 1. The molecular formula is C44H65NO8. The van der Waals surface area contributed by atoms with Crippen LogP contribution in [0.25, 0.3) is 0 Å². The van der Waals surface area contributed by atoms with Crippen LogP contribution in [0.2, 0.25) is 0 Å². The number of esters is 1. The molecule has 0 unspecified atom stereocenters. The Labute approximate surface area is 317 Å². The SMILES string of the molecule is CCCCCCCC/C=C/CCCCCCCC(=O)C[C@@H](OC(=O)OC(C)(C)C)C(=O)OC1=CC[C@@]2(O)[C@H]3Cc4ccc(C)c5c4[C@@]2(CCN3C)[C@H]1O5. The number of Topliss-reactive ketones (excluding diaryl/α,β-unsaturated/α-hetero) is 1. The highest BCUT2D eigenvalue weighted by molar-refractivity contribution is 5.87. The summed E-state index contributed by atoms with van der Waals surface area (Å²) in [4.78, 5) is 42.1. The van der Waals surface area contributed by atoms with Gasteiger partial charge in [0.1, 0.15) is 22.9 Å². The van der Waals surface area contributed by atoms with E-state index in [4.69, 9.17) is 18.9 Å². The van der Waals surface area contributed by atoms with E-state index in [2.05, 4.69) is 30.0 Å². The molecule has 1 saturated heterocycles. The zero-order valence-electron chi connectivity index (χ0n) is 33.3. The highest BCUT2D eigenvalue weighted by Crippen LogP contribution is 2.64. The van der Waals surface area contributed by atoms with Crippen LogP contribution in [0.5, 0.6) is 5.75 Å². The Bertz CT molecular complexity index is 1510. The van der Waals surface area contributed by atoms with Gasteiger partial charge in [-0.2, -0.15) is 0 Å². The normalized spacial score (nSPS) is 25.0. The Morgan fingerprint density at radius 2 is 1.66 bits per heavy atom. The van der Waals surface area contributed by atoms with Gasteiger partial charge < -0.3 is 29.0 Å². The number of likely N-dealkylation sites (tertiary alicyclic amines) is 1. The lowest BCUT2D eigenvalue weighted by molar-refractivity contribution is -0.173. The number of unbranched alkanes of at least 4 members (excludes halogenated alkanes) is 11. The van der Waals surface area contributed by atoms with Crippen molar-refractivity contribution in [2.45, 2.75) is 185 Å². The Kier molecular flexibility index (Phi) is 13.9. The molecule has 294 valence electrons. The fraction of sp³-hybridized carbons (Fsp3) is 0.705. The Morgan fingerprint density at radius 3 is 2.34 bits per heavy atom. The van der Waals surface area contributed by atoms with Crippen molar-refractivity contribution in [2.75, 3.05) is 13.6 Å². The molecule has 2 aliphatic heterocycles. The molecule has 1 aromatic rings. The number of rotatable bonds is 20. The lowest BCUT2D eigenvalue weighted by Gasteiger charge is -2.61. The highest BCUT2D eigenvalue weighted by atomic mass is 16.7. The van der Waals surface area contributed by atoms with E-state index in [1.165, 1.54) is 44.9 Å². The molecule has 4 aliphatic rings. The standard InChI is InChI=1S/C44H65NO8/c1-7-8-9-10-11-12-13-14-15-16-17-18-19-20-21-22-33(46)30-35(51-41(48)53-42(3,4)5)40(47)50-34-25-26-44(49)36-29-32-24-23-31(2)38-37(32)43(44,39(34)52-38)27-28-45(36)6/h14-15,23-25,35-36,39,49H,7-13,16-22,26-30H2,1-6H3/b15-14+/t35-,36-,39+,43+,44-/m1/s1. The number of ketones is 1. The Hall–Kier alpha value is -3.17. The van der Waals surface area contributed by atoms with Crippen LogP contribution in [-0.4, -0.2) is 71.0 Å². The van der Waals surface area contributed by atoms with Crippen molar-refractivity contribution in [3.63, 3.8) is 0 Å². The molecule has 1 fully saturated rings. The summed E-state index contributed by atoms with van der Waals surface area (Å²) in [5.74, 6) is 0.0102. The summed E-state index contributed by atoms with van der Waals surface area (Å²) in [7, 11) is 2.05. The van der Waals surface area contributed by atoms with Gasteiger partial charge in [-0.3, -0.25) is 4.79 Å². The van der Waals surface area contributed by atoms with Crippen molar-refractivity contribution in [3.8, 4) is 5.75 Å². The first-order valence-electron chi connectivity index (χ1n) is 20.5. The van der Waals surface area contributed by atoms with Gasteiger partial charge in [0.15, 0.2) is 6.10 Å². The first-order valence-corrected chi connectivity index (χ1v) is 20.5. The highest BCUT2D eigenvalue weighted by Gasteiger charge is 2.71. The maximum atomic E-state index is 13.9. The first kappa shape index (κ1) is 41.0. The number of aryl methyl sites for hydroxylation is 1. The summed E-state index contributed by atoms with van der Waals surface area (Å²) in [5, 5.41) is 12.5. The predicted octanol–water partition coefficient (Wildman–Crippen LogP) is 9.13. The average molecular weight is 736 g/mol. The minimum absolute atomic E-state index is 0.116. The van der Waals surface area contributed by atoms with Crippen LogP contribution in [-0.2, 0) is 35.6 Å². The van der Waals surface area contributed by atoms with Crippen molar-refractivity contribution in [3.05, 3.63) is 52.8 Å². The molecule has 1 aromatic carbocycles. The number of nitrogens with zero attached hydrogens (tertiary/aromatic N) is 1. The number of allylic oxidation sites excluding steroid dienone is 2. The summed E-state index contributed by atoms with van der Waals surface area (Å²) in [6, 6.07) is 4.06. The molecule has 2 heterocycles. The molecule has 9 heteroatoms. The van der Waals surface area contributed by atoms with E-state index in [1.807, 2.05) is 20.0 Å². The molecule has 5 atom stereocenters. The van der Waals surface area contributed by atoms with Crippen molar-refractivity contribution >= 4 is 17.9 Å². The molecule has 0 saturated carbocycles. The summed E-state index contributed by atoms with van der Waals surface area (Å²) in [5.41, 5.74) is 0.385. The van der Waals surface area contributed by atoms with Crippen LogP contribution in [0.1, 0.15) is 154 Å². The third-order valence-electron chi connectivity index (χ3n) is 11.8. The molecule has 0 amide bonds. The topological polar surface area (TPSA) is 112 Å². The van der Waals surface area contributed by atoms with Gasteiger partial charge in [0.2, 0.25) is 6.10 Å². The third-order valence-corrected chi connectivity index (χ3v) is 11.8. The van der Waals surface area contributed by atoms with Crippen molar-refractivity contribution in [1.82, 2.24) is 4.90 Å². The predicted molar refractivity (Wildman–Crippen MR) is 206 cm³/mol. The van der Waals surface area contributed by atoms with Gasteiger partial charge in [0.25, 0.3) is 0 Å². The number of carbonyl (C=O) groups is 3. The lowest BCUT2D eigenvalue weighted by atomic mass is 9.50. The van der Waals surface area contributed by atoms with Gasteiger partial charge in [-0.1, -0.05) is 82.6 Å². The van der Waals surface area contributed by atoms with Gasteiger partial charge in [-0.25, -0.2) is 9.59 Å². The molecule has 2 bridgehead atoms. The van der Waals surface area contributed by atoms with Crippen molar-refractivity contribution in [1.29, 1.82) is 0 Å². The maximum Gasteiger partial charge on any atom is 0.509 e. The summed E-state index contributed by atoms with van der Waals surface area (Å²) in [6.45, 7) is 10.1. The average Bonchev–Trinajstić information content (AvgIpc) is 3.46. The largest absolute Gasteiger partial charge is 0.509 e. The monoisotopic (exact) mass is 735 g/mol. The number of benzene rings is 1. The molecule has 5 rings (SSSR count). The van der Waals surface area contributed by atoms with E-state index < -0.39 is 40.9 Å². The molecular weight excluding hydrogens is 670 g/mol. The van der Waals surface area contributed by atoms with E-state index in [0.29, 0.717) is 19.3 Å². The summed E-state index contributed by atoms with van der Waals surface area (Å²) < 4.78 is 23.5. The zero-order chi connectivity index (χ0) is 38.2. The second-order valence-electron chi connectivity index (χ2n) is 17.0. The number of ether oxygens (including phenoxy) is 4. The number of hydrogen-bond acceptors (Lipinski definition) is 9. The Morgan fingerprint density at radius 1 is 1.00 bits per heavy atom. The second-order valence-corrected chi connectivity index (χ2v) is 17.0. The number of likely N-dealkylation sites (N-methyl/N-ethyl adjacent to an activating group) is 1. The number of aliphatic hydroxyl groups is 1. The zero-order valence-corrected chi connectivity index (χ0v) is 33.3. The molecule has 2 aliphatic carbocycles. The number of hydrogen-bond donors (Lipinski definition) is 1. The van der Waals surface area contributed by atoms with Crippen LogP contribution in [0.3, 0.4) is 0 Å². The van der Waals surface area contributed by atoms with Gasteiger partial charge in [0.05, 0.1) is 17.4 Å². The van der Waals surface area contributed by atoms with E-state index >= 15 is 0 Å². The van der Waals surface area contributed by atoms with Crippen LogP contribution < -0.4 is 4.74 Å². The molecule has 1 spiro atoms. The van der Waals surface area contributed by atoms with Crippen LogP contribution >= 0.6 is 0 Å². The van der Waals surface area contributed by atoms with Gasteiger partial charge >= 0.3 is 12.1 Å². The van der Waals surface area contributed by atoms with Gasteiger partial charge in [0, 0.05) is 24.4 Å². The van der Waals surface area contributed by atoms with Crippen LogP contribution in [0.4, 0.5) is 4.79 Å². The molecule has 53 heavy (non-hydrogen) atoms. The van der Waals surface area contributed by atoms with Crippen molar-refractivity contribution in [2.24, 2.45) is 0 Å². The molecule has 0 radical (unpaired) electrons. The first-order chi connectivity index (χ1) is 25.3. The lowest BCUT2D eigenvalue weighted by Crippen LogP contribution is -2.74. The van der Waals surface area contributed by atoms with E-state index in [1.54, 1.807) is 26.8 Å². The summed E-state index contributed by atoms with van der Waals surface area (Å²) in [6.07, 6.45) is 19.9. The fourth-order valence-electron chi connectivity index (χ4n) is 9.03. The van der Waals surface area contributed by atoms with E-state index in [9.17, 15) is 19.5 Å². The smallest absolute Gasteiger partial charge is 0.481 e. The minimum atomic E-state index is -1.47. The quantitative estimate of drug-likeness (QED) is 0.0796. The van der Waals surface area contributed by atoms with Crippen LogP contribution in [0.15, 0.2) is 36.1 Å². The number of carbonyl (C=O) groups excluding carboxylic acids is 3. The summed E-state index contributed by atoms with van der Waals surface area (Å²) >= 11 is 0. The van der Waals surface area contributed by atoms with Crippen LogP contribution in [0, 0.1) is 6.92 Å². The third kappa shape index (κ3) is 9.38. The molecule has 0 aromatic heterocycles. The van der Waals surface area contributed by atoms with E-state index in [0.717, 1.165) is 61.1 Å².